The number of carbonyl (C=O) groups excluding carboxylic acids is 1. The third-order valence-electron chi connectivity index (χ3n) is 2.98. The minimum atomic E-state index is -0.0609. The van der Waals surface area contributed by atoms with Crippen LogP contribution in [-0.2, 0) is 4.79 Å². The van der Waals surface area contributed by atoms with Crippen LogP contribution < -0.4 is 10.1 Å². The van der Waals surface area contributed by atoms with Crippen LogP contribution >= 0.6 is 0 Å². The molecule has 1 rings (SSSR count). The Hall–Kier alpha value is -1.51. The zero-order valence-corrected chi connectivity index (χ0v) is 11.7. The quantitative estimate of drug-likeness (QED) is 0.841. The van der Waals surface area contributed by atoms with E-state index in [1.54, 1.807) is 0 Å². The molecule has 1 atom stereocenters. The summed E-state index contributed by atoms with van der Waals surface area (Å²) in [5, 5.41) is 2.91. The standard InChI is InChI=1S/C15H23NO2/c1-5-6-13(4)16-15(17)10-18-14-8-7-11(2)12(3)9-14/h7-9,13H,5-6,10H2,1-4H3,(H,16,17)/t13-/m1/s1. The molecule has 18 heavy (non-hydrogen) atoms. The number of ether oxygens (including phenoxy) is 1. The molecule has 3 nitrogen and oxygen atoms in total. The van der Waals surface area contributed by atoms with Crippen molar-refractivity contribution in [3.05, 3.63) is 29.3 Å². The van der Waals surface area contributed by atoms with Crippen molar-refractivity contribution in [3.63, 3.8) is 0 Å². The van der Waals surface area contributed by atoms with Gasteiger partial charge in [-0.1, -0.05) is 19.4 Å². The smallest absolute Gasteiger partial charge is 0.258 e. The van der Waals surface area contributed by atoms with E-state index in [1.165, 1.54) is 11.1 Å². The summed E-state index contributed by atoms with van der Waals surface area (Å²) < 4.78 is 5.47. The maximum Gasteiger partial charge on any atom is 0.258 e. The van der Waals surface area contributed by atoms with Gasteiger partial charge in [0.25, 0.3) is 5.91 Å². The van der Waals surface area contributed by atoms with Crippen LogP contribution in [0.15, 0.2) is 18.2 Å². The van der Waals surface area contributed by atoms with Crippen molar-refractivity contribution in [3.8, 4) is 5.75 Å². The molecule has 0 heterocycles. The Kier molecular flexibility index (Phi) is 5.69. The van der Waals surface area contributed by atoms with E-state index in [4.69, 9.17) is 4.74 Å². The summed E-state index contributed by atoms with van der Waals surface area (Å²) in [6.07, 6.45) is 2.06. The third-order valence-corrected chi connectivity index (χ3v) is 2.98. The third kappa shape index (κ3) is 4.78. The van der Waals surface area contributed by atoms with Crippen molar-refractivity contribution < 1.29 is 9.53 Å². The first kappa shape index (κ1) is 14.6. The van der Waals surface area contributed by atoms with Crippen LogP contribution in [0.2, 0.25) is 0 Å². The highest BCUT2D eigenvalue weighted by Crippen LogP contribution is 2.16. The minimum absolute atomic E-state index is 0.0609. The van der Waals surface area contributed by atoms with E-state index in [1.807, 2.05) is 32.0 Å². The molecule has 1 amide bonds. The van der Waals surface area contributed by atoms with Crippen molar-refractivity contribution >= 4 is 5.91 Å². The molecular weight excluding hydrogens is 226 g/mol. The Morgan fingerprint density at radius 1 is 1.33 bits per heavy atom. The summed E-state index contributed by atoms with van der Waals surface area (Å²) in [5.41, 5.74) is 2.40. The van der Waals surface area contributed by atoms with Gasteiger partial charge < -0.3 is 10.1 Å². The molecule has 0 unspecified atom stereocenters. The van der Waals surface area contributed by atoms with Crippen molar-refractivity contribution in [1.29, 1.82) is 0 Å². The first-order chi connectivity index (χ1) is 8.52. The molecule has 0 radical (unpaired) electrons. The largest absolute Gasteiger partial charge is 0.484 e. The van der Waals surface area contributed by atoms with Crippen LogP contribution in [0.4, 0.5) is 0 Å². The second-order valence-corrected chi connectivity index (χ2v) is 4.79. The van der Waals surface area contributed by atoms with Crippen LogP contribution in [0.5, 0.6) is 5.75 Å². The second kappa shape index (κ2) is 7.04. The lowest BCUT2D eigenvalue weighted by molar-refractivity contribution is -0.123. The lowest BCUT2D eigenvalue weighted by Gasteiger charge is -2.13. The molecule has 0 aliphatic carbocycles. The SMILES string of the molecule is CCC[C@@H](C)NC(=O)COc1ccc(C)c(C)c1. The Bertz CT molecular complexity index is 401. The summed E-state index contributed by atoms with van der Waals surface area (Å²) in [4.78, 5) is 11.6. The van der Waals surface area contributed by atoms with Gasteiger partial charge in [0.2, 0.25) is 0 Å². The van der Waals surface area contributed by atoms with E-state index in [-0.39, 0.29) is 18.6 Å². The van der Waals surface area contributed by atoms with E-state index in [2.05, 4.69) is 19.2 Å². The van der Waals surface area contributed by atoms with Crippen molar-refractivity contribution in [2.24, 2.45) is 0 Å². The van der Waals surface area contributed by atoms with E-state index < -0.39 is 0 Å². The molecule has 100 valence electrons. The molecular formula is C15H23NO2. The van der Waals surface area contributed by atoms with E-state index in [9.17, 15) is 4.79 Å². The number of amides is 1. The molecule has 0 fully saturated rings. The van der Waals surface area contributed by atoms with Crippen LogP contribution in [0.1, 0.15) is 37.8 Å². The monoisotopic (exact) mass is 249 g/mol. The van der Waals surface area contributed by atoms with Gasteiger partial charge in [0.05, 0.1) is 0 Å². The van der Waals surface area contributed by atoms with Gasteiger partial charge in [0, 0.05) is 6.04 Å². The average molecular weight is 249 g/mol. The zero-order valence-electron chi connectivity index (χ0n) is 11.7. The molecule has 0 saturated heterocycles. The van der Waals surface area contributed by atoms with Crippen LogP contribution in [-0.4, -0.2) is 18.6 Å². The fourth-order valence-corrected chi connectivity index (χ4v) is 1.77. The van der Waals surface area contributed by atoms with E-state index >= 15 is 0 Å². The summed E-state index contributed by atoms with van der Waals surface area (Å²) in [5.74, 6) is 0.686. The predicted molar refractivity (Wildman–Crippen MR) is 73.9 cm³/mol. The van der Waals surface area contributed by atoms with Gasteiger partial charge in [-0.3, -0.25) is 4.79 Å². The Morgan fingerprint density at radius 2 is 2.06 bits per heavy atom. The normalized spacial score (nSPS) is 12.0. The van der Waals surface area contributed by atoms with Crippen LogP contribution in [0.3, 0.4) is 0 Å². The number of aryl methyl sites for hydroxylation is 2. The van der Waals surface area contributed by atoms with Gasteiger partial charge in [-0.15, -0.1) is 0 Å². The first-order valence-electron chi connectivity index (χ1n) is 6.52. The first-order valence-corrected chi connectivity index (χ1v) is 6.52. The summed E-state index contributed by atoms with van der Waals surface area (Å²) in [7, 11) is 0. The predicted octanol–water partition coefficient (Wildman–Crippen LogP) is 2.99. The molecule has 0 bridgehead atoms. The topological polar surface area (TPSA) is 38.3 Å². The summed E-state index contributed by atoms with van der Waals surface area (Å²) in [6, 6.07) is 6.07. The van der Waals surface area contributed by atoms with Crippen molar-refractivity contribution in [2.45, 2.75) is 46.6 Å². The van der Waals surface area contributed by atoms with Gasteiger partial charge >= 0.3 is 0 Å². The highest BCUT2D eigenvalue weighted by atomic mass is 16.5. The Balaban J connectivity index is 2.40. The molecule has 1 aromatic carbocycles. The van der Waals surface area contributed by atoms with Crippen LogP contribution in [0.25, 0.3) is 0 Å². The van der Waals surface area contributed by atoms with Crippen molar-refractivity contribution in [1.82, 2.24) is 5.32 Å². The molecule has 3 heteroatoms. The number of hydrogen-bond acceptors (Lipinski definition) is 2. The van der Waals surface area contributed by atoms with Gasteiger partial charge in [-0.05, 0) is 50.5 Å². The Morgan fingerprint density at radius 3 is 2.67 bits per heavy atom. The zero-order chi connectivity index (χ0) is 13.5. The molecule has 0 spiro atoms. The maximum absolute atomic E-state index is 11.6. The molecule has 0 aliphatic heterocycles. The molecule has 0 aromatic heterocycles. The summed E-state index contributed by atoms with van der Waals surface area (Å²) >= 11 is 0. The second-order valence-electron chi connectivity index (χ2n) is 4.79. The molecule has 0 saturated carbocycles. The van der Waals surface area contributed by atoms with Gasteiger partial charge in [-0.2, -0.15) is 0 Å². The fraction of sp³-hybridized carbons (Fsp3) is 0.533. The van der Waals surface area contributed by atoms with E-state index in [0.717, 1.165) is 18.6 Å². The lowest BCUT2D eigenvalue weighted by Crippen LogP contribution is -2.35. The Labute approximate surface area is 110 Å². The van der Waals surface area contributed by atoms with E-state index in [0.29, 0.717) is 0 Å². The number of rotatable bonds is 6. The highest BCUT2D eigenvalue weighted by Gasteiger charge is 2.07. The molecule has 0 aliphatic rings. The number of benzene rings is 1. The van der Waals surface area contributed by atoms with Crippen LogP contribution in [0, 0.1) is 13.8 Å². The number of nitrogens with one attached hydrogen (secondary N) is 1. The van der Waals surface area contributed by atoms with Gasteiger partial charge in [0.1, 0.15) is 5.75 Å². The van der Waals surface area contributed by atoms with Gasteiger partial charge in [-0.25, -0.2) is 0 Å². The lowest BCUT2D eigenvalue weighted by atomic mass is 10.1. The average Bonchev–Trinajstić information content (AvgIpc) is 2.31. The van der Waals surface area contributed by atoms with Crippen molar-refractivity contribution in [2.75, 3.05) is 6.61 Å². The highest BCUT2D eigenvalue weighted by molar-refractivity contribution is 5.77. The minimum Gasteiger partial charge on any atom is -0.484 e. The number of hydrogen-bond donors (Lipinski definition) is 1. The molecule has 1 N–H and O–H groups in total. The fourth-order valence-electron chi connectivity index (χ4n) is 1.77. The van der Waals surface area contributed by atoms with Gasteiger partial charge in [0.15, 0.2) is 6.61 Å². The molecule has 1 aromatic rings. The maximum atomic E-state index is 11.6. The number of carbonyl (C=O) groups is 1. The summed E-state index contributed by atoms with van der Waals surface area (Å²) in [6.45, 7) is 8.28.